The number of carbonyl (C=O) groups is 2. The van der Waals surface area contributed by atoms with E-state index in [1.54, 1.807) is 6.92 Å². The first-order valence-corrected chi connectivity index (χ1v) is 7.55. The van der Waals surface area contributed by atoms with Crippen molar-refractivity contribution in [1.29, 1.82) is 0 Å². The number of amides is 3. The summed E-state index contributed by atoms with van der Waals surface area (Å²) >= 11 is 0. The third-order valence-corrected chi connectivity index (χ3v) is 4.34. The lowest BCUT2D eigenvalue weighted by Crippen LogP contribution is -2.47. The summed E-state index contributed by atoms with van der Waals surface area (Å²) in [7, 11) is 0. The maximum absolute atomic E-state index is 12.0. The molecule has 2 aliphatic heterocycles. The van der Waals surface area contributed by atoms with Gasteiger partial charge >= 0.3 is 6.03 Å². The van der Waals surface area contributed by atoms with Crippen LogP contribution in [-0.2, 0) is 11.3 Å². The lowest BCUT2D eigenvalue weighted by molar-refractivity contribution is -0.129. The Labute approximate surface area is 124 Å². The largest absolute Gasteiger partial charge is 0.326 e. The minimum absolute atomic E-state index is 0.0504. The lowest BCUT2D eigenvalue weighted by atomic mass is 10.0. The van der Waals surface area contributed by atoms with Gasteiger partial charge in [-0.25, -0.2) is 4.79 Å². The third kappa shape index (κ3) is 2.93. The minimum Gasteiger partial charge on any atom is -0.326 e. The van der Waals surface area contributed by atoms with Gasteiger partial charge in [-0.3, -0.25) is 14.6 Å². The third-order valence-electron chi connectivity index (χ3n) is 4.34. The Kier molecular flexibility index (Phi) is 3.92. The van der Waals surface area contributed by atoms with Crippen molar-refractivity contribution in [2.75, 3.05) is 13.1 Å². The molecule has 1 N–H and O–H groups in total. The number of carbonyl (C=O) groups excluding carboxylic acids is 2. The zero-order valence-electron chi connectivity index (χ0n) is 12.3. The van der Waals surface area contributed by atoms with E-state index in [0.717, 1.165) is 32.5 Å². The Balaban J connectivity index is 1.56. The molecule has 0 aromatic heterocycles. The van der Waals surface area contributed by atoms with Crippen LogP contribution in [0.3, 0.4) is 0 Å². The highest BCUT2D eigenvalue weighted by atomic mass is 16.2. The molecule has 2 fully saturated rings. The Hall–Kier alpha value is -1.88. The topological polar surface area (TPSA) is 52.7 Å². The van der Waals surface area contributed by atoms with E-state index >= 15 is 0 Å². The fourth-order valence-corrected chi connectivity index (χ4v) is 3.15. The van der Waals surface area contributed by atoms with Gasteiger partial charge in [0.25, 0.3) is 5.91 Å². The molecule has 1 aromatic carbocycles. The molecule has 5 heteroatoms. The van der Waals surface area contributed by atoms with Gasteiger partial charge in [0.05, 0.1) is 0 Å². The van der Waals surface area contributed by atoms with E-state index in [-0.39, 0.29) is 24.0 Å². The van der Waals surface area contributed by atoms with E-state index in [1.165, 1.54) is 10.5 Å². The van der Waals surface area contributed by atoms with Crippen molar-refractivity contribution < 1.29 is 9.59 Å². The maximum atomic E-state index is 12.0. The highest BCUT2D eigenvalue weighted by molar-refractivity contribution is 6.04. The summed E-state index contributed by atoms with van der Waals surface area (Å²) in [5, 5.41) is 2.69. The molecule has 3 amide bonds. The monoisotopic (exact) mass is 287 g/mol. The highest BCUT2D eigenvalue weighted by Crippen LogP contribution is 2.21. The van der Waals surface area contributed by atoms with Gasteiger partial charge in [0, 0.05) is 25.7 Å². The number of hydrogen-bond acceptors (Lipinski definition) is 3. The molecular formula is C16H21N3O2. The predicted molar refractivity (Wildman–Crippen MR) is 79.6 cm³/mol. The van der Waals surface area contributed by atoms with Crippen LogP contribution in [-0.4, -0.2) is 46.9 Å². The molecule has 3 rings (SSSR count). The molecule has 0 spiro atoms. The summed E-state index contributed by atoms with van der Waals surface area (Å²) in [4.78, 5) is 27.7. The smallest absolute Gasteiger partial charge is 0.325 e. The van der Waals surface area contributed by atoms with E-state index in [9.17, 15) is 9.59 Å². The molecule has 0 saturated carbocycles. The average molecular weight is 287 g/mol. The molecule has 2 saturated heterocycles. The van der Waals surface area contributed by atoms with Gasteiger partial charge in [0.15, 0.2) is 0 Å². The average Bonchev–Trinajstić information content (AvgIpc) is 2.74. The van der Waals surface area contributed by atoms with Gasteiger partial charge in [-0.15, -0.1) is 0 Å². The molecule has 0 aliphatic carbocycles. The Morgan fingerprint density at radius 1 is 1.14 bits per heavy atom. The zero-order valence-corrected chi connectivity index (χ0v) is 12.3. The fourth-order valence-electron chi connectivity index (χ4n) is 3.15. The van der Waals surface area contributed by atoms with Gasteiger partial charge in [-0.2, -0.15) is 0 Å². The molecule has 2 aliphatic rings. The summed E-state index contributed by atoms with van der Waals surface area (Å²) < 4.78 is 0. The normalized spacial score (nSPS) is 24.4. The predicted octanol–water partition coefficient (Wildman–Crippen LogP) is 1.59. The molecule has 0 radical (unpaired) electrons. The van der Waals surface area contributed by atoms with Gasteiger partial charge in [-0.1, -0.05) is 30.3 Å². The Bertz CT molecular complexity index is 524. The standard InChI is InChI=1S/C16H21N3O2/c1-12-15(20)19(16(21)17-12)14-7-9-18(10-8-14)11-13-5-3-2-4-6-13/h2-6,12,14H,7-11H2,1H3,(H,17,21). The van der Waals surface area contributed by atoms with Crippen LogP contribution in [0, 0.1) is 0 Å². The molecule has 5 nitrogen and oxygen atoms in total. The van der Waals surface area contributed by atoms with Gasteiger partial charge in [-0.05, 0) is 25.3 Å². The summed E-state index contributed by atoms with van der Waals surface area (Å²) in [5.74, 6) is -0.0819. The summed E-state index contributed by atoms with van der Waals surface area (Å²) in [6.45, 7) is 4.52. The van der Waals surface area contributed by atoms with Crippen LogP contribution in [0.1, 0.15) is 25.3 Å². The van der Waals surface area contributed by atoms with E-state index in [2.05, 4.69) is 34.5 Å². The number of urea groups is 1. The summed E-state index contributed by atoms with van der Waals surface area (Å²) in [5.41, 5.74) is 1.31. The maximum Gasteiger partial charge on any atom is 0.325 e. The van der Waals surface area contributed by atoms with Crippen LogP contribution in [0.25, 0.3) is 0 Å². The van der Waals surface area contributed by atoms with E-state index in [4.69, 9.17) is 0 Å². The van der Waals surface area contributed by atoms with Crippen molar-refractivity contribution in [2.24, 2.45) is 0 Å². The van der Waals surface area contributed by atoms with Gasteiger partial charge in [0.2, 0.25) is 0 Å². The number of nitrogens with zero attached hydrogens (tertiary/aromatic N) is 2. The SMILES string of the molecule is CC1NC(=O)N(C2CCN(Cc3ccccc3)CC2)C1=O. The van der Waals surface area contributed by atoms with E-state index in [0.29, 0.717) is 0 Å². The quantitative estimate of drug-likeness (QED) is 0.859. The Morgan fingerprint density at radius 3 is 2.38 bits per heavy atom. The highest BCUT2D eigenvalue weighted by Gasteiger charge is 2.40. The van der Waals surface area contributed by atoms with Crippen molar-refractivity contribution in [3.63, 3.8) is 0 Å². The van der Waals surface area contributed by atoms with Gasteiger partial charge in [0.1, 0.15) is 6.04 Å². The van der Waals surface area contributed by atoms with Crippen LogP contribution in [0.4, 0.5) is 4.79 Å². The number of likely N-dealkylation sites (tertiary alicyclic amines) is 1. The molecule has 2 heterocycles. The first-order valence-electron chi connectivity index (χ1n) is 7.55. The number of rotatable bonds is 3. The number of hydrogen-bond donors (Lipinski definition) is 1. The molecule has 1 unspecified atom stereocenters. The molecule has 21 heavy (non-hydrogen) atoms. The second-order valence-corrected chi connectivity index (χ2v) is 5.87. The zero-order chi connectivity index (χ0) is 14.8. The lowest BCUT2D eigenvalue weighted by Gasteiger charge is -2.35. The van der Waals surface area contributed by atoms with Crippen molar-refractivity contribution in [2.45, 2.75) is 38.4 Å². The number of imide groups is 1. The second-order valence-electron chi connectivity index (χ2n) is 5.87. The number of benzene rings is 1. The summed E-state index contributed by atoms with van der Waals surface area (Å²) in [6.07, 6.45) is 1.72. The van der Waals surface area contributed by atoms with Crippen molar-refractivity contribution in [3.8, 4) is 0 Å². The second kappa shape index (κ2) is 5.85. The van der Waals surface area contributed by atoms with Gasteiger partial charge < -0.3 is 5.32 Å². The molecular weight excluding hydrogens is 266 g/mol. The molecule has 1 atom stereocenters. The Morgan fingerprint density at radius 2 is 1.81 bits per heavy atom. The molecule has 1 aromatic rings. The van der Waals surface area contributed by atoms with Crippen molar-refractivity contribution >= 4 is 11.9 Å². The molecule has 0 bridgehead atoms. The fraction of sp³-hybridized carbons (Fsp3) is 0.500. The van der Waals surface area contributed by atoms with Crippen LogP contribution in [0.15, 0.2) is 30.3 Å². The van der Waals surface area contributed by atoms with Crippen LogP contribution < -0.4 is 5.32 Å². The van der Waals surface area contributed by atoms with E-state index < -0.39 is 0 Å². The molecule has 112 valence electrons. The number of nitrogens with one attached hydrogen (secondary N) is 1. The van der Waals surface area contributed by atoms with Crippen LogP contribution in [0.5, 0.6) is 0 Å². The van der Waals surface area contributed by atoms with Crippen molar-refractivity contribution in [1.82, 2.24) is 15.1 Å². The van der Waals surface area contributed by atoms with E-state index in [1.807, 2.05) is 6.07 Å². The first kappa shape index (κ1) is 14.1. The number of piperidine rings is 1. The summed E-state index contributed by atoms with van der Waals surface area (Å²) in [6, 6.07) is 9.83. The van der Waals surface area contributed by atoms with Crippen LogP contribution in [0.2, 0.25) is 0 Å². The first-order chi connectivity index (χ1) is 10.1. The minimum atomic E-state index is -0.375. The van der Waals surface area contributed by atoms with Crippen LogP contribution >= 0.6 is 0 Å². The van der Waals surface area contributed by atoms with Crippen molar-refractivity contribution in [3.05, 3.63) is 35.9 Å².